The predicted molar refractivity (Wildman–Crippen MR) is 56.6 cm³/mol. The average molecular weight is 225 g/mol. The molecule has 0 saturated carbocycles. The van der Waals surface area contributed by atoms with Crippen LogP contribution in [0.2, 0.25) is 0 Å². The van der Waals surface area contributed by atoms with Crippen molar-refractivity contribution in [2.45, 2.75) is 26.3 Å². The van der Waals surface area contributed by atoms with Crippen LogP contribution < -0.4 is 15.2 Å². The zero-order chi connectivity index (χ0) is 10.5. The number of nitrogens with two attached hydrogens (primary N) is 1. The molecule has 0 aliphatic heterocycles. The lowest BCUT2D eigenvalue weighted by Crippen LogP contribution is -2.46. The zero-order valence-corrected chi connectivity index (χ0v) is 9.33. The van der Waals surface area contributed by atoms with Crippen LogP contribution in [0.1, 0.15) is 20.3 Å². The summed E-state index contributed by atoms with van der Waals surface area (Å²) in [5, 5.41) is 0. The van der Waals surface area contributed by atoms with Gasteiger partial charge in [-0.2, -0.15) is 13.1 Å². The Morgan fingerprint density at radius 3 is 2.54 bits per heavy atom. The van der Waals surface area contributed by atoms with Crippen LogP contribution in [-0.4, -0.2) is 26.0 Å². The normalized spacial score (nSPS) is 14.0. The van der Waals surface area contributed by atoms with Crippen LogP contribution in [0, 0.1) is 0 Å². The third-order valence-electron chi connectivity index (χ3n) is 1.30. The Hall–Kier alpha value is -0.240. The molecule has 0 aliphatic carbocycles. The van der Waals surface area contributed by atoms with Gasteiger partial charge in [0.1, 0.15) is 0 Å². The van der Waals surface area contributed by atoms with Gasteiger partial charge in [-0.3, -0.25) is 0 Å². The highest BCUT2D eigenvalue weighted by Gasteiger charge is 2.14. The van der Waals surface area contributed by atoms with Crippen LogP contribution in [0.5, 0.6) is 0 Å². The Bertz CT molecular complexity index is 263. The van der Waals surface area contributed by atoms with E-state index in [2.05, 4.69) is 21.7 Å². The van der Waals surface area contributed by atoms with Crippen molar-refractivity contribution < 1.29 is 8.42 Å². The van der Waals surface area contributed by atoms with Crippen molar-refractivity contribution in [3.63, 3.8) is 0 Å². The van der Waals surface area contributed by atoms with E-state index in [1.807, 2.05) is 6.92 Å². The highest BCUT2D eigenvalue weighted by atomic mass is 32.2. The highest BCUT2D eigenvalue weighted by Crippen LogP contribution is 1.86. The van der Waals surface area contributed by atoms with Crippen molar-refractivity contribution >= 4 is 27.4 Å². The second-order valence-corrected chi connectivity index (χ2v) is 4.64. The van der Waals surface area contributed by atoms with Crippen molar-refractivity contribution in [1.82, 2.24) is 9.44 Å². The summed E-state index contributed by atoms with van der Waals surface area (Å²) in [6.07, 6.45) is 0.738. The van der Waals surface area contributed by atoms with Gasteiger partial charge in [0.25, 0.3) is 10.2 Å². The number of rotatable bonds is 6. The number of hydrogen-bond donors (Lipinski definition) is 3. The molecule has 1 unspecified atom stereocenters. The molecule has 0 saturated heterocycles. The molecule has 0 bridgehead atoms. The standard InChI is InChI=1S/C6H15N3O2S2/c1-3-4-8-13(10,11)9-5(2)6(7)12/h5,8-9H,3-4H2,1-2H3,(H2,7,12). The molecule has 1 atom stereocenters. The summed E-state index contributed by atoms with van der Waals surface area (Å²) in [4.78, 5) is 0.127. The van der Waals surface area contributed by atoms with Gasteiger partial charge in [-0.1, -0.05) is 19.1 Å². The minimum atomic E-state index is -3.46. The highest BCUT2D eigenvalue weighted by molar-refractivity contribution is 7.87. The van der Waals surface area contributed by atoms with E-state index in [9.17, 15) is 8.42 Å². The first-order valence-electron chi connectivity index (χ1n) is 3.95. The molecule has 7 heteroatoms. The summed E-state index contributed by atoms with van der Waals surface area (Å²) in [7, 11) is -3.46. The van der Waals surface area contributed by atoms with E-state index >= 15 is 0 Å². The molecule has 0 aromatic carbocycles. The lowest BCUT2D eigenvalue weighted by Gasteiger charge is -2.12. The summed E-state index contributed by atoms with van der Waals surface area (Å²) < 4.78 is 27.0. The van der Waals surface area contributed by atoms with Gasteiger partial charge in [0.15, 0.2) is 0 Å². The summed E-state index contributed by atoms with van der Waals surface area (Å²) in [6.45, 7) is 3.87. The first kappa shape index (κ1) is 12.8. The van der Waals surface area contributed by atoms with E-state index in [1.165, 1.54) is 0 Å². The maximum Gasteiger partial charge on any atom is 0.277 e. The van der Waals surface area contributed by atoms with Crippen LogP contribution in [0.3, 0.4) is 0 Å². The van der Waals surface area contributed by atoms with Crippen LogP contribution in [-0.2, 0) is 10.2 Å². The molecule has 13 heavy (non-hydrogen) atoms. The number of hydrogen-bond acceptors (Lipinski definition) is 3. The van der Waals surface area contributed by atoms with E-state index < -0.39 is 16.3 Å². The Morgan fingerprint density at radius 2 is 2.15 bits per heavy atom. The molecular formula is C6H15N3O2S2. The van der Waals surface area contributed by atoms with Gasteiger partial charge < -0.3 is 5.73 Å². The molecule has 0 spiro atoms. The topological polar surface area (TPSA) is 84.2 Å². The molecule has 5 nitrogen and oxygen atoms in total. The smallest absolute Gasteiger partial charge is 0.277 e. The van der Waals surface area contributed by atoms with Gasteiger partial charge in [0.2, 0.25) is 0 Å². The molecule has 0 rings (SSSR count). The van der Waals surface area contributed by atoms with Gasteiger partial charge in [-0.05, 0) is 13.3 Å². The van der Waals surface area contributed by atoms with Crippen molar-refractivity contribution in [2.75, 3.05) is 6.54 Å². The van der Waals surface area contributed by atoms with E-state index in [4.69, 9.17) is 5.73 Å². The Labute approximate surface area is 84.3 Å². The second kappa shape index (κ2) is 5.48. The molecular weight excluding hydrogens is 210 g/mol. The Balaban J connectivity index is 4.10. The molecule has 0 aromatic heterocycles. The average Bonchev–Trinajstić information content (AvgIpc) is 2.00. The van der Waals surface area contributed by atoms with Gasteiger partial charge in [-0.15, -0.1) is 0 Å². The fraction of sp³-hybridized carbons (Fsp3) is 0.833. The fourth-order valence-corrected chi connectivity index (χ4v) is 1.85. The molecule has 4 N–H and O–H groups in total. The van der Waals surface area contributed by atoms with E-state index in [-0.39, 0.29) is 4.99 Å². The SMILES string of the molecule is CCCNS(=O)(=O)NC(C)C(N)=S. The lowest BCUT2D eigenvalue weighted by atomic mass is 10.4. The summed E-state index contributed by atoms with van der Waals surface area (Å²) in [5.41, 5.74) is 5.25. The number of thiocarbonyl (C=S) groups is 1. The zero-order valence-electron chi connectivity index (χ0n) is 7.70. The van der Waals surface area contributed by atoms with Crippen LogP contribution >= 0.6 is 12.2 Å². The third kappa shape index (κ3) is 5.92. The molecule has 0 amide bonds. The van der Waals surface area contributed by atoms with Crippen molar-refractivity contribution in [1.29, 1.82) is 0 Å². The first-order valence-corrected chi connectivity index (χ1v) is 5.84. The fourth-order valence-electron chi connectivity index (χ4n) is 0.569. The molecule has 0 aliphatic rings. The summed E-state index contributed by atoms with van der Waals surface area (Å²) in [5.74, 6) is 0. The molecule has 0 heterocycles. The van der Waals surface area contributed by atoms with Crippen molar-refractivity contribution in [3.05, 3.63) is 0 Å². The quantitative estimate of drug-likeness (QED) is 0.532. The van der Waals surface area contributed by atoms with Gasteiger partial charge in [-0.25, -0.2) is 4.72 Å². The predicted octanol–water partition coefficient (Wildman–Crippen LogP) is -0.505. The maximum atomic E-state index is 11.2. The van der Waals surface area contributed by atoms with Gasteiger partial charge in [0.05, 0.1) is 11.0 Å². The van der Waals surface area contributed by atoms with Crippen molar-refractivity contribution in [3.8, 4) is 0 Å². The molecule has 0 radical (unpaired) electrons. The Kier molecular flexibility index (Phi) is 5.38. The van der Waals surface area contributed by atoms with Crippen LogP contribution in [0.15, 0.2) is 0 Å². The van der Waals surface area contributed by atoms with Crippen molar-refractivity contribution in [2.24, 2.45) is 5.73 Å². The summed E-state index contributed by atoms with van der Waals surface area (Å²) in [6, 6.07) is -0.524. The van der Waals surface area contributed by atoms with Crippen LogP contribution in [0.4, 0.5) is 0 Å². The lowest BCUT2D eigenvalue weighted by molar-refractivity contribution is 0.563. The van der Waals surface area contributed by atoms with E-state index in [0.29, 0.717) is 6.54 Å². The van der Waals surface area contributed by atoms with E-state index in [1.54, 1.807) is 6.92 Å². The molecule has 0 fully saturated rings. The maximum absolute atomic E-state index is 11.2. The number of nitrogens with one attached hydrogen (secondary N) is 2. The van der Waals surface area contributed by atoms with E-state index in [0.717, 1.165) is 6.42 Å². The largest absolute Gasteiger partial charge is 0.392 e. The minimum absolute atomic E-state index is 0.127. The molecule has 0 aromatic rings. The second-order valence-electron chi connectivity index (χ2n) is 2.64. The monoisotopic (exact) mass is 225 g/mol. The molecule has 78 valence electrons. The summed E-state index contributed by atoms with van der Waals surface area (Å²) >= 11 is 4.62. The van der Waals surface area contributed by atoms with Gasteiger partial charge >= 0.3 is 0 Å². The van der Waals surface area contributed by atoms with Gasteiger partial charge in [0, 0.05) is 6.54 Å². The van der Waals surface area contributed by atoms with Crippen LogP contribution in [0.25, 0.3) is 0 Å². The third-order valence-corrected chi connectivity index (χ3v) is 2.90. The Morgan fingerprint density at radius 1 is 1.62 bits per heavy atom. The minimum Gasteiger partial charge on any atom is -0.392 e. The first-order chi connectivity index (χ1) is 5.89.